The zero-order chi connectivity index (χ0) is 29.4. The number of aryl methyl sites for hydroxylation is 1. The summed E-state index contributed by atoms with van der Waals surface area (Å²) < 4.78 is 8.54. The predicted octanol–water partition coefficient (Wildman–Crippen LogP) is 11.2. The van der Waals surface area contributed by atoms with E-state index in [1.54, 1.807) is 0 Å². The molecule has 0 atom stereocenters. The highest BCUT2D eigenvalue weighted by molar-refractivity contribution is 6.23. The molecule has 0 saturated carbocycles. The first-order valence-electron chi connectivity index (χ1n) is 15.1. The summed E-state index contributed by atoms with van der Waals surface area (Å²) in [7, 11) is 0. The van der Waals surface area contributed by atoms with E-state index in [0.29, 0.717) is 0 Å². The molecule has 3 nitrogen and oxygen atoms in total. The van der Waals surface area contributed by atoms with E-state index >= 15 is 0 Å². The fourth-order valence-electron chi connectivity index (χ4n) is 7.19. The minimum atomic E-state index is 0.907. The fourth-order valence-corrected chi connectivity index (χ4v) is 7.19. The Labute approximate surface area is 254 Å². The molecule has 208 valence electrons. The minimum absolute atomic E-state index is 0.907. The number of aromatic nitrogens is 2. The van der Waals surface area contributed by atoms with Crippen molar-refractivity contribution in [1.82, 2.24) is 9.78 Å². The highest BCUT2D eigenvalue weighted by Crippen LogP contribution is 2.46. The topological polar surface area (TPSA) is 31.0 Å². The molecule has 0 radical (unpaired) electrons. The number of benzene rings is 7. The van der Waals surface area contributed by atoms with Crippen LogP contribution in [0.3, 0.4) is 0 Å². The summed E-state index contributed by atoms with van der Waals surface area (Å²) in [6.07, 6.45) is 0. The first-order chi connectivity index (χ1) is 21.7. The summed E-state index contributed by atoms with van der Waals surface area (Å²) in [5, 5.41) is 14.6. The SMILES string of the molecule is Cc1nn(-c2ccccc2)c(C)c1-c1c2ccccc2c(-c2ccc3oc4c5ccccc5ccc4c3c2)c2ccccc12. The van der Waals surface area contributed by atoms with Crippen molar-refractivity contribution in [1.29, 1.82) is 0 Å². The van der Waals surface area contributed by atoms with Crippen LogP contribution in [0.25, 0.3) is 82.2 Å². The van der Waals surface area contributed by atoms with E-state index in [2.05, 4.69) is 146 Å². The van der Waals surface area contributed by atoms with Gasteiger partial charge in [-0.05, 0) is 82.2 Å². The highest BCUT2D eigenvalue weighted by Gasteiger charge is 2.22. The Bertz CT molecular complexity index is 2510. The Morgan fingerprint density at radius 3 is 1.82 bits per heavy atom. The van der Waals surface area contributed by atoms with Crippen molar-refractivity contribution in [2.45, 2.75) is 13.8 Å². The predicted molar refractivity (Wildman–Crippen MR) is 184 cm³/mol. The second-order valence-electron chi connectivity index (χ2n) is 11.6. The van der Waals surface area contributed by atoms with Gasteiger partial charge in [-0.1, -0.05) is 103 Å². The molecule has 0 aliphatic heterocycles. The number of furan rings is 1. The van der Waals surface area contributed by atoms with Gasteiger partial charge in [-0.3, -0.25) is 0 Å². The van der Waals surface area contributed by atoms with Gasteiger partial charge >= 0.3 is 0 Å². The Hall–Kier alpha value is -5.67. The van der Waals surface area contributed by atoms with Gasteiger partial charge in [0.05, 0.1) is 11.4 Å². The number of fused-ring (bicyclic) bond motifs is 7. The summed E-state index contributed by atoms with van der Waals surface area (Å²) in [6.45, 7) is 4.31. The van der Waals surface area contributed by atoms with Crippen LogP contribution in [0.1, 0.15) is 11.4 Å². The average Bonchev–Trinajstić information content (AvgIpc) is 3.60. The Kier molecular flexibility index (Phi) is 5.33. The van der Waals surface area contributed by atoms with Crippen LogP contribution in [0, 0.1) is 13.8 Å². The van der Waals surface area contributed by atoms with Crippen LogP contribution in [0.5, 0.6) is 0 Å². The molecule has 0 aliphatic carbocycles. The van der Waals surface area contributed by atoms with E-state index in [1.807, 2.05) is 6.07 Å². The monoisotopic (exact) mass is 564 g/mol. The van der Waals surface area contributed by atoms with E-state index in [-0.39, 0.29) is 0 Å². The van der Waals surface area contributed by atoms with Crippen molar-refractivity contribution in [3.05, 3.63) is 145 Å². The smallest absolute Gasteiger partial charge is 0.143 e. The van der Waals surface area contributed by atoms with E-state index in [0.717, 1.165) is 44.4 Å². The molecule has 0 unspecified atom stereocenters. The molecular formula is C41H28N2O. The lowest BCUT2D eigenvalue weighted by Crippen LogP contribution is -1.98. The molecule has 2 aromatic heterocycles. The molecule has 0 bridgehead atoms. The maximum absolute atomic E-state index is 6.46. The number of hydrogen-bond acceptors (Lipinski definition) is 2. The van der Waals surface area contributed by atoms with Crippen molar-refractivity contribution in [2.75, 3.05) is 0 Å². The molecule has 0 aliphatic rings. The lowest BCUT2D eigenvalue weighted by Gasteiger charge is -2.18. The van der Waals surface area contributed by atoms with Crippen molar-refractivity contribution in [3.8, 4) is 27.9 Å². The maximum Gasteiger partial charge on any atom is 0.143 e. The molecule has 9 aromatic rings. The second-order valence-corrected chi connectivity index (χ2v) is 11.6. The lowest BCUT2D eigenvalue weighted by molar-refractivity contribution is 0.672. The van der Waals surface area contributed by atoms with E-state index in [4.69, 9.17) is 9.52 Å². The summed E-state index contributed by atoms with van der Waals surface area (Å²) in [5.74, 6) is 0. The molecule has 44 heavy (non-hydrogen) atoms. The van der Waals surface area contributed by atoms with Crippen molar-refractivity contribution < 1.29 is 4.42 Å². The minimum Gasteiger partial charge on any atom is -0.455 e. The number of para-hydroxylation sites is 1. The van der Waals surface area contributed by atoms with Crippen LogP contribution in [-0.2, 0) is 0 Å². The number of rotatable bonds is 3. The van der Waals surface area contributed by atoms with Gasteiger partial charge in [-0.25, -0.2) is 4.68 Å². The van der Waals surface area contributed by atoms with Gasteiger partial charge in [0.25, 0.3) is 0 Å². The van der Waals surface area contributed by atoms with Crippen LogP contribution >= 0.6 is 0 Å². The van der Waals surface area contributed by atoms with E-state index in [1.165, 1.54) is 49.2 Å². The molecular weight excluding hydrogens is 536 g/mol. The van der Waals surface area contributed by atoms with Gasteiger partial charge in [-0.15, -0.1) is 0 Å². The van der Waals surface area contributed by atoms with Gasteiger partial charge in [0.15, 0.2) is 0 Å². The Balaban J connectivity index is 1.35. The van der Waals surface area contributed by atoms with Gasteiger partial charge in [0.1, 0.15) is 11.2 Å². The molecule has 3 heteroatoms. The van der Waals surface area contributed by atoms with Crippen molar-refractivity contribution >= 4 is 54.3 Å². The van der Waals surface area contributed by atoms with Crippen LogP contribution < -0.4 is 0 Å². The summed E-state index contributed by atoms with van der Waals surface area (Å²) >= 11 is 0. The lowest BCUT2D eigenvalue weighted by atomic mass is 9.85. The molecule has 7 aromatic carbocycles. The van der Waals surface area contributed by atoms with Crippen LogP contribution in [0.4, 0.5) is 0 Å². The Morgan fingerprint density at radius 2 is 1.11 bits per heavy atom. The molecule has 0 spiro atoms. The first kappa shape index (κ1) is 24.9. The van der Waals surface area contributed by atoms with E-state index in [9.17, 15) is 0 Å². The number of nitrogens with zero attached hydrogens (tertiary/aromatic N) is 2. The largest absolute Gasteiger partial charge is 0.455 e. The van der Waals surface area contributed by atoms with Crippen LogP contribution in [-0.4, -0.2) is 9.78 Å². The van der Waals surface area contributed by atoms with Gasteiger partial charge in [0, 0.05) is 33.0 Å². The molecule has 0 fully saturated rings. The summed E-state index contributed by atoms with van der Waals surface area (Å²) in [5.41, 5.74) is 9.92. The fraction of sp³-hybridized carbons (Fsp3) is 0.0488. The standard InChI is InChI=1S/C41H28N2O/c1-25-38(26(2)43(42-25)29-13-4-3-5-14-29)40-33-18-10-8-16-31(33)39(32-17-9-11-19-34(32)40)28-21-23-37-36(24-28)35-22-20-27-12-6-7-15-30(27)41(35)44-37/h3-24H,1-2H3. The third-order valence-corrected chi connectivity index (χ3v) is 9.12. The first-order valence-corrected chi connectivity index (χ1v) is 15.1. The highest BCUT2D eigenvalue weighted by atomic mass is 16.3. The third-order valence-electron chi connectivity index (χ3n) is 9.12. The van der Waals surface area contributed by atoms with Crippen molar-refractivity contribution in [3.63, 3.8) is 0 Å². The maximum atomic E-state index is 6.46. The quantitative estimate of drug-likeness (QED) is 0.200. The zero-order valence-electron chi connectivity index (χ0n) is 24.5. The molecule has 0 amide bonds. The summed E-state index contributed by atoms with van der Waals surface area (Å²) in [6, 6.07) is 47.5. The normalized spacial score (nSPS) is 11.9. The molecule has 0 N–H and O–H groups in total. The molecule has 2 heterocycles. The van der Waals surface area contributed by atoms with Crippen molar-refractivity contribution in [2.24, 2.45) is 0 Å². The van der Waals surface area contributed by atoms with Crippen LogP contribution in [0.15, 0.2) is 138 Å². The molecule has 9 rings (SSSR count). The van der Waals surface area contributed by atoms with Gasteiger partial charge in [0.2, 0.25) is 0 Å². The number of hydrogen-bond donors (Lipinski definition) is 0. The summed E-state index contributed by atoms with van der Waals surface area (Å²) in [4.78, 5) is 0. The second kappa shape index (κ2) is 9.42. The molecule has 0 saturated heterocycles. The van der Waals surface area contributed by atoms with Gasteiger partial charge in [-0.2, -0.15) is 5.10 Å². The Morgan fingerprint density at radius 1 is 0.500 bits per heavy atom. The average molecular weight is 565 g/mol. The van der Waals surface area contributed by atoms with Crippen LogP contribution in [0.2, 0.25) is 0 Å². The zero-order valence-corrected chi connectivity index (χ0v) is 24.5. The van der Waals surface area contributed by atoms with Gasteiger partial charge < -0.3 is 4.42 Å². The van der Waals surface area contributed by atoms with E-state index < -0.39 is 0 Å². The third kappa shape index (κ3) is 3.53.